The van der Waals surface area contributed by atoms with Crippen LogP contribution in [-0.4, -0.2) is 22.6 Å². The fraction of sp³-hybridized carbons (Fsp3) is 0.429. The van der Waals surface area contributed by atoms with Gasteiger partial charge in [-0.3, -0.25) is 9.59 Å². The predicted octanol–water partition coefficient (Wildman–Crippen LogP) is 1.40. The van der Waals surface area contributed by atoms with Crippen molar-refractivity contribution < 1.29 is 14.9 Å². The number of hydrogen-bond acceptors (Lipinski definition) is 3. The third-order valence-corrected chi connectivity index (χ3v) is 4.10. The average molecular weight is 264 g/mol. The van der Waals surface area contributed by atoms with Gasteiger partial charge in [-0.25, -0.2) is 0 Å². The van der Waals surface area contributed by atoms with E-state index in [2.05, 4.69) is 0 Å². The SMILES string of the molecule is CC1(C)[NH2+]C(C)(C)/C(=C/c2cccs2)C(=O)C1=O. The van der Waals surface area contributed by atoms with Gasteiger partial charge in [-0.05, 0) is 45.2 Å². The number of nitrogens with two attached hydrogens (primary N) is 1. The van der Waals surface area contributed by atoms with E-state index >= 15 is 0 Å². The van der Waals surface area contributed by atoms with E-state index < -0.39 is 5.54 Å². The van der Waals surface area contributed by atoms with Crippen LogP contribution >= 0.6 is 11.3 Å². The van der Waals surface area contributed by atoms with Crippen LogP contribution in [0.1, 0.15) is 32.6 Å². The van der Waals surface area contributed by atoms with Gasteiger partial charge in [0, 0.05) is 4.88 Å². The summed E-state index contributed by atoms with van der Waals surface area (Å²) < 4.78 is 0. The van der Waals surface area contributed by atoms with Gasteiger partial charge in [0.05, 0.1) is 5.57 Å². The van der Waals surface area contributed by atoms with Gasteiger partial charge in [0.25, 0.3) is 5.78 Å². The van der Waals surface area contributed by atoms with Crippen LogP contribution in [-0.2, 0) is 9.59 Å². The molecule has 0 radical (unpaired) electrons. The van der Waals surface area contributed by atoms with E-state index in [9.17, 15) is 9.59 Å². The van der Waals surface area contributed by atoms with Crippen molar-refractivity contribution in [3.05, 3.63) is 28.0 Å². The van der Waals surface area contributed by atoms with E-state index in [-0.39, 0.29) is 17.1 Å². The Morgan fingerprint density at radius 1 is 1.17 bits per heavy atom. The van der Waals surface area contributed by atoms with E-state index in [1.54, 1.807) is 25.2 Å². The van der Waals surface area contributed by atoms with Gasteiger partial charge < -0.3 is 5.32 Å². The Morgan fingerprint density at radius 2 is 1.83 bits per heavy atom. The first-order valence-corrected chi connectivity index (χ1v) is 6.84. The van der Waals surface area contributed by atoms with Gasteiger partial charge in [0.2, 0.25) is 5.78 Å². The Hall–Kier alpha value is -1.26. The van der Waals surface area contributed by atoms with Crippen LogP contribution in [0.2, 0.25) is 0 Å². The second-order valence-corrected chi connectivity index (χ2v) is 6.80. The van der Waals surface area contributed by atoms with Crippen molar-refractivity contribution in [1.29, 1.82) is 0 Å². The maximum absolute atomic E-state index is 12.2. The van der Waals surface area contributed by atoms with Gasteiger partial charge >= 0.3 is 0 Å². The number of quaternary nitrogens is 1. The summed E-state index contributed by atoms with van der Waals surface area (Å²) in [4.78, 5) is 25.3. The van der Waals surface area contributed by atoms with E-state index in [0.717, 1.165) is 4.88 Å². The van der Waals surface area contributed by atoms with E-state index in [1.807, 2.05) is 42.8 Å². The number of piperidine rings is 1. The first-order chi connectivity index (χ1) is 8.24. The molecule has 1 aliphatic heterocycles. The van der Waals surface area contributed by atoms with Gasteiger partial charge in [-0.15, -0.1) is 11.3 Å². The molecule has 0 aliphatic carbocycles. The van der Waals surface area contributed by atoms with E-state index in [1.165, 1.54) is 0 Å². The molecule has 1 fully saturated rings. The molecule has 1 aliphatic rings. The monoisotopic (exact) mass is 264 g/mol. The number of carbonyl (C=O) groups is 2. The van der Waals surface area contributed by atoms with E-state index in [0.29, 0.717) is 5.57 Å². The second-order valence-electron chi connectivity index (χ2n) is 5.82. The number of rotatable bonds is 1. The molecule has 0 aromatic carbocycles. The molecule has 2 heterocycles. The lowest BCUT2D eigenvalue weighted by molar-refractivity contribution is -0.757. The Kier molecular flexibility index (Phi) is 3.03. The molecule has 0 saturated carbocycles. The summed E-state index contributed by atoms with van der Waals surface area (Å²) in [5.41, 5.74) is -0.458. The lowest BCUT2D eigenvalue weighted by atomic mass is 9.77. The summed E-state index contributed by atoms with van der Waals surface area (Å²) in [5.74, 6) is -0.662. The Morgan fingerprint density at radius 3 is 2.39 bits per heavy atom. The standard InChI is InChI=1S/C14H17NO2S/c1-13(2)10(8-9-6-5-7-18-9)11(16)12(17)14(3,4)15-13/h5-8,15H,1-4H3/p+1/b10-8+. The smallest absolute Gasteiger partial charge is 0.262 e. The highest BCUT2D eigenvalue weighted by Crippen LogP contribution is 2.25. The summed E-state index contributed by atoms with van der Waals surface area (Å²) in [6.45, 7) is 7.57. The summed E-state index contributed by atoms with van der Waals surface area (Å²) in [6.07, 6.45) is 1.84. The third-order valence-electron chi connectivity index (χ3n) is 3.28. The molecule has 0 bridgehead atoms. The lowest BCUT2D eigenvalue weighted by Crippen LogP contribution is -3.08. The largest absolute Gasteiger partial charge is 0.327 e. The number of Topliss-reactive ketones (excluding diaryl/α,β-unsaturated/α-hetero) is 2. The molecule has 96 valence electrons. The number of carbonyl (C=O) groups excluding carboxylic acids is 2. The topological polar surface area (TPSA) is 50.8 Å². The van der Waals surface area contributed by atoms with Crippen molar-refractivity contribution in [3.63, 3.8) is 0 Å². The molecule has 2 rings (SSSR count). The maximum atomic E-state index is 12.2. The highest BCUT2D eigenvalue weighted by molar-refractivity contribution is 7.10. The van der Waals surface area contributed by atoms with Crippen molar-refractivity contribution in [1.82, 2.24) is 0 Å². The van der Waals surface area contributed by atoms with Crippen molar-refractivity contribution in [2.24, 2.45) is 0 Å². The van der Waals surface area contributed by atoms with Crippen LogP contribution in [0.3, 0.4) is 0 Å². The first-order valence-electron chi connectivity index (χ1n) is 5.96. The maximum Gasteiger partial charge on any atom is 0.262 e. The molecule has 1 saturated heterocycles. The highest BCUT2D eigenvalue weighted by Gasteiger charge is 2.51. The fourth-order valence-electron chi connectivity index (χ4n) is 2.52. The predicted molar refractivity (Wildman–Crippen MR) is 72.4 cm³/mol. The van der Waals surface area contributed by atoms with Gasteiger partial charge in [0.15, 0.2) is 5.54 Å². The van der Waals surface area contributed by atoms with E-state index in [4.69, 9.17) is 0 Å². The fourth-order valence-corrected chi connectivity index (χ4v) is 3.18. The van der Waals surface area contributed by atoms with Crippen molar-refractivity contribution in [2.45, 2.75) is 38.8 Å². The molecule has 0 unspecified atom stereocenters. The van der Waals surface area contributed by atoms with Crippen LogP contribution in [0.15, 0.2) is 23.1 Å². The molecule has 18 heavy (non-hydrogen) atoms. The summed E-state index contributed by atoms with van der Waals surface area (Å²) in [7, 11) is 0. The Balaban J connectivity index is 2.47. The number of thiophene rings is 1. The van der Waals surface area contributed by atoms with Gasteiger partial charge in [-0.2, -0.15) is 0 Å². The minimum absolute atomic E-state index is 0.315. The molecule has 2 N–H and O–H groups in total. The molecular formula is C14H18NO2S+. The Bertz CT molecular complexity index is 524. The molecule has 0 amide bonds. The van der Waals surface area contributed by atoms with Crippen molar-refractivity contribution >= 4 is 29.0 Å². The summed E-state index contributed by atoms with van der Waals surface area (Å²) in [5, 5.41) is 3.94. The molecule has 4 heteroatoms. The quantitative estimate of drug-likeness (QED) is 0.616. The third kappa shape index (κ3) is 2.18. The minimum Gasteiger partial charge on any atom is -0.327 e. The zero-order chi connectivity index (χ0) is 13.6. The second kappa shape index (κ2) is 4.14. The lowest BCUT2D eigenvalue weighted by Gasteiger charge is -2.38. The van der Waals surface area contributed by atoms with Crippen molar-refractivity contribution in [2.75, 3.05) is 0 Å². The minimum atomic E-state index is -0.673. The highest BCUT2D eigenvalue weighted by atomic mass is 32.1. The van der Waals surface area contributed by atoms with Crippen LogP contribution < -0.4 is 5.32 Å². The van der Waals surface area contributed by atoms with Gasteiger partial charge in [0.1, 0.15) is 5.54 Å². The van der Waals surface area contributed by atoms with Crippen LogP contribution in [0, 0.1) is 0 Å². The van der Waals surface area contributed by atoms with Crippen LogP contribution in [0.25, 0.3) is 6.08 Å². The molecule has 1 aromatic rings. The molecule has 3 nitrogen and oxygen atoms in total. The van der Waals surface area contributed by atoms with Crippen molar-refractivity contribution in [3.8, 4) is 0 Å². The zero-order valence-corrected chi connectivity index (χ0v) is 11.9. The summed E-state index contributed by atoms with van der Waals surface area (Å²) >= 11 is 1.57. The normalized spacial score (nSPS) is 24.6. The van der Waals surface area contributed by atoms with Crippen LogP contribution in [0.5, 0.6) is 0 Å². The molecule has 1 aromatic heterocycles. The average Bonchev–Trinajstić information content (AvgIpc) is 2.73. The zero-order valence-electron chi connectivity index (χ0n) is 11.1. The number of ketones is 2. The van der Waals surface area contributed by atoms with Gasteiger partial charge in [-0.1, -0.05) is 6.07 Å². The molecular weight excluding hydrogens is 246 g/mol. The molecule has 0 atom stereocenters. The first kappa shape index (κ1) is 13.2. The Labute approximate surface area is 111 Å². The summed E-state index contributed by atoms with van der Waals surface area (Å²) in [6, 6.07) is 3.89. The number of hydrogen-bond donors (Lipinski definition) is 1. The molecule has 0 spiro atoms. The van der Waals surface area contributed by atoms with Crippen LogP contribution in [0.4, 0.5) is 0 Å².